The molecule has 3 N–H and O–H groups in total. The van der Waals surface area contributed by atoms with Gasteiger partial charge in [-0.3, -0.25) is 4.79 Å². The van der Waals surface area contributed by atoms with Crippen molar-refractivity contribution in [2.45, 2.75) is 33.6 Å². The van der Waals surface area contributed by atoms with E-state index in [9.17, 15) is 9.59 Å². The molecule has 8 heteroatoms. The Balaban J connectivity index is 1.83. The standard InChI is InChI=1S/C23H33N3O5/c1-6-31-23(28)22-21(16-10-18(29-4)19(30-5)11-17(16)24-22)25-20(27)7-8-26-12-14(2)9-15(3)13-26/h10-11,14-15,24H,6-9,12-13H2,1-5H3,(H,25,27)/p+1/t14-,15-/m1/s1. The van der Waals surface area contributed by atoms with E-state index in [0.717, 1.165) is 19.6 Å². The Labute approximate surface area is 183 Å². The Hall–Kier alpha value is -2.74. The normalized spacial score (nSPS) is 21.0. The number of fused-ring (bicyclic) bond motifs is 1. The predicted octanol–water partition coefficient (Wildman–Crippen LogP) is 2.25. The van der Waals surface area contributed by atoms with Gasteiger partial charge in [-0.15, -0.1) is 0 Å². The number of anilines is 1. The van der Waals surface area contributed by atoms with Crippen LogP contribution in [0.5, 0.6) is 11.5 Å². The quantitative estimate of drug-likeness (QED) is 0.557. The van der Waals surface area contributed by atoms with Gasteiger partial charge in [0.2, 0.25) is 5.91 Å². The summed E-state index contributed by atoms with van der Waals surface area (Å²) >= 11 is 0. The number of ether oxygens (including phenoxy) is 3. The summed E-state index contributed by atoms with van der Waals surface area (Å²) in [5.74, 6) is 1.75. The van der Waals surface area contributed by atoms with Crippen LogP contribution in [0.2, 0.25) is 0 Å². The monoisotopic (exact) mass is 432 g/mol. The highest BCUT2D eigenvalue weighted by Gasteiger charge is 2.26. The molecule has 0 spiro atoms. The number of aromatic amines is 1. The van der Waals surface area contributed by atoms with Gasteiger partial charge in [0.05, 0.1) is 58.1 Å². The highest BCUT2D eigenvalue weighted by Crippen LogP contribution is 2.37. The number of carbonyl (C=O) groups is 2. The second-order valence-corrected chi connectivity index (χ2v) is 8.50. The van der Waals surface area contributed by atoms with Gasteiger partial charge in [-0.2, -0.15) is 0 Å². The Kier molecular flexibility index (Phi) is 7.43. The highest BCUT2D eigenvalue weighted by molar-refractivity contribution is 6.11. The molecule has 0 aliphatic carbocycles. The second kappa shape index (κ2) is 10.0. The van der Waals surface area contributed by atoms with Crippen LogP contribution >= 0.6 is 0 Å². The second-order valence-electron chi connectivity index (χ2n) is 8.50. The topological polar surface area (TPSA) is 94.1 Å². The third kappa shape index (κ3) is 5.31. The van der Waals surface area contributed by atoms with Crippen LogP contribution < -0.4 is 19.7 Å². The summed E-state index contributed by atoms with van der Waals surface area (Å²) in [6.45, 7) is 9.49. The van der Waals surface area contributed by atoms with Gasteiger partial charge in [0, 0.05) is 23.3 Å². The summed E-state index contributed by atoms with van der Waals surface area (Å²) < 4.78 is 15.9. The molecule has 0 bridgehead atoms. The molecular weight excluding hydrogens is 398 g/mol. The number of hydrogen-bond acceptors (Lipinski definition) is 5. The van der Waals surface area contributed by atoms with E-state index in [1.54, 1.807) is 33.3 Å². The van der Waals surface area contributed by atoms with E-state index >= 15 is 0 Å². The SMILES string of the molecule is CCOC(=O)c1[nH]c2cc(OC)c(OC)cc2c1NC(=O)CC[NH+]1C[C@H](C)C[C@@H](C)C1. The van der Waals surface area contributed by atoms with Gasteiger partial charge in [0.25, 0.3) is 0 Å². The Morgan fingerprint density at radius 2 is 1.77 bits per heavy atom. The predicted molar refractivity (Wildman–Crippen MR) is 119 cm³/mol. The number of benzene rings is 1. The van der Waals surface area contributed by atoms with E-state index in [4.69, 9.17) is 14.2 Å². The lowest BCUT2D eigenvalue weighted by atomic mass is 9.92. The summed E-state index contributed by atoms with van der Waals surface area (Å²) in [4.78, 5) is 29.9. The number of esters is 1. The van der Waals surface area contributed by atoms with Gasteiger partial charge < -0.3 is 29.4 Å². The van der Waals surface area contributed by atoms with Gasteiger partial charge in [0.15, 0.2) is 11.5 Å². The van der Waals surface area contributed by atoms with Crippen LogP contribution in [0.3, 0.4) is 0 Å². The zero-order valence-electron chi connectivity index (χ0n) is 19.1. The van der Waals surface area contributed by atoms with E-state index in [1.165, 1.54) is 11.3 Å². The van der Waals surface area contributed by atoms with Crippen LogP contribution in [0.1, 0.15) is 44.1 Å². The summed E-state index contributed by atoms with van der Waals surface area (Å²) in [6.07, 6.45) is 1.64. The number of likely N-dealkylation sites (tertiary alicyclic amines) is 1. The van der Waals surface area contributed by atoms with E-state index in [1.807, 2.05) is 0 Å². The maximum atomic E-state index is 12.8. The first-order valence-corrected chi connectivity index (χ1v) is 10.9. The Bertz CT molecular complexity index is 929. The molecule has 2 atom stereocenters. The lowest BCUT2D eigenvalue weighted by molar-refractivity contribution is -0.911. The smallest absolute Gasteiger partial charge is 0.356 e. The molecule has 8 nitrogen and oxygen atoms in total. The van der Waals surface area contributed by atoms with Crippen LogP contribution in [0, 0.1) is 11.8 Å². The highest BCUT2D eigenvalue weighted by atomic mass is 16.5. The van der Waals surface area contributed by atoms with Gasteiger partial charge in [0.1, 0.15) is 5.69 Å². The zero-order chi connectivity index (χ0) is 22.5. The van der Waals surface area contributed by atoms with Crippen molar-refractivity contribution in [3.63, 3.8) is 0 Å². The van der Waals surface area contributed by atoms with Crippen molar-refractivity contribution < 1.29 is 28.7 Å². The number of hydrogen-bond donors (Lipinski definition) is 3. The Morgan fingerprint density at radius 1 is 1.13 bits per heavy atom. The molecule has 31 heavy (non-hydrogen) atoms. The van der Waals surface area contributed by atoms with Crippen molar-refractivity contribution in [3.8, 4) is 11.5 Å². The van der Waals surface area contributed by atoms with Crippen LogP contribution in [0.25, 0.3) is 10.9 Å². The third-order valence-electron chi connectivity index (χ3n) is 5.83. The largest absolute Gasteiger partial charge is 0.493 e. The van der Waals surface area contributed by atoms with Crippen molar-refractivity contribution >= 4 is 28.5 Å². The molecule has 2 heterocycles. The summed E-state index contributed by atoms with van der Waals surface area (Å²) in [6, 6.07) is 3.50. The maximum Gasteiger partial charge on any atom is 0.356 e. The van der Waals surface area contributed by atoms with Gasteiger partial charge in [-0.25, -0.2) is 4.79 Å². The number of aromatic nitrogens is 1. The molecule has 1 amide bonds. The summed E-state index contributed by atoms with van der Waals surface area (Å²) in [5, 5.41) is 3.61. The molecule has 3 rings (SSSR count). The first-order valence-electron chi connectivity index (χ1n) is 10.9. The average Bonchev–Trinajstić information content (AvgIpc) is 3.08. The first-order chi connectivity index (χ1) is 14.9. The lowest BCUT2D eigenvalue weighted by Gasteiger charge is -2.31. The number of amides is 1. The molecular formula is C23H34N3O5+. The van der Waals surface area contributed by atoms with Crippen molar-refractivity contribution in [1.29, 1.82) is 0 Å². The number of quaternary nitrogens is 1. The van der Waals surface area contributed by atoms with Gasteiger partial charge in [-0.05, 0) is 19.4 Å². The molecule has 1 aliphatic rings. The minimum absolute atomic E-state index is 0.125. The fraction of sp³-hybridized carbons (Fsp3) is 0.565. The molecule has 170 valence electrons. The van der Waals surface area contributed by atoms with E-state index in [2.05, 4.69) is 24.1 Å². The fourth-order valence-corrected chi connectivity index (χ4v) is 4.63. The van der Waals surface area contributed by atoms with Crippen LogP contribution in [0.15, 0.2) is 12.1 Å². The maximum absolute atomic E-state index is 12.8. The molecule has 0 radical (unpaired) electrons. The van der Waals surface area contributed by atoms with E-state index < -0.39 is 5.97 Å². The number of H-pyrrole nitrogens is 1. The van der Waals surface area contributed by atoms with Crippen molar-refractivity contribution in [2.75, 3.05) is 45.8 Å². The van der Waals surface area contributed by atoms with E-state index in [-0.39, 0.29) is 18.2 Å². The number of piperidine rings is 1. The van der Waals surface area contributed by atoms with Crippen molar-refractivity contribution in [3.05, 3.63) is 17.8 Å². The van der Waals surface area contributed by atoms with E-state index in [0.29, 0.717) is 46.3 Å². The van der Waals surface area contributed by atoms with Crippen molar-refractivity contribution in [1.82, 2.24) is 4.98 Å². The minimum atomic E-state index is -0.517. The number of carbonyl (C=O) groups excluding carboxylic acids is 2. The molecule has 1 saturated heterocycles. The third-order valence-corrected chi connectivity index (χ3v) is 5.83. The number of methoxy groups -OCH3 is 2. The Morgan fingerprint density at radius 3 is 2.39 bits per heavy atom. The lowest BCUT2D eigenvalue weighted by Crippen LogP contribution is -3.14. The molecule has 0 unspecified atom stereocenters. The molecule has 1 aromatic heterocycles. The molecule has 1 fully saturated rings. The van der Waals surface area contributed by atoms with Gasteiger partial charge in [-0.1, -0.05) is 13.8 Å². The van der Waals surface area contributed by atoms with Crippen LogP contribution in [-0.2, 0) is 9.53 Å². The average molecular weight is 433 g/mol. The molecule has 1 aromatic carbocycles. The van der Waals surface area contributed by atoms with Crippen LogP contribution in [0.4, 0.5) is 5.69 Å². The minimum Gasteiger partial charge on any atom is -0.493 e. The summed E-state index contributed by atoms with van der Waals surface area (Å²) in [5.41, 5.74) is 1.28. The molecule has 0 saturated carbocycles. The first kappa shape index (κ1) is 22.9. The molecule has 1 aliphatic heterocycles. The fourth-order valence-electron chi connectivity index (χ4n) is 4.63. The van der Waals surface area contributed by atoms with Gasteiger partial charge >= 0.3 is 5.97 Å². The summed E-state index contributed by atoms with van der Waals surface area (Å²) in [7, 11) is 3.09. The zero-order valence-corrected chi connectivity index (χ0v) is 19.1. The van der Waals surface area contributed by atoms with Crippen LogP contribution in [-0.4, -0.2) is 57.3 Å². The van der Waals surface area contributed by atoms with Crippen molar-refractivity contribution in [2.24, 2.45) is 11.8 Å². The molecule has 2 aromatic rings. The number of rotatable bonds is 8. The number of nitrogens with one attached hydrogen (secondary N) is 3.